The summed E-state index contributed by atoms with van der Waals surface area (Å²) in [5, 5.41) is 17.8. The van der Waals surface area contributed by atoms with Crippen LogP contribution in [0.2, 0.25) is 5.02 Å². The van der Waals surface area contributed by atoms with Gasteiger partial charge in [0.15, 0.2) is 12.9 Å². The molecular formula is C39H54ClN5O8. The summed E-state index contributed by atoms with van der Waals surface area (Å²) < 4.78 is 11.9. The molecule has 14 heteroatoms. The molecule has 0 aliphatic rings. The lowest BCUT2D eigenvalue weighted by Gasteiger charge is -2.37. The van der Waals surface area contributed by atoms with Gasteiger partial charge in [-0.15, -0.1) is 0 Å². The van der Waals surface area contributed by atoms with Gasteiger partial charge in [0.05, 0.1) is 6.04 Å². The van der Waals surface area contributed by atoms with Gasteiger partial charge in [-0.3, -0.25) is 14.4 Å². The van der Waals surface area contributed by atoms with Gasteiger partial charge in [0.1, 0.15) is 6.04 Å². The SMILES string of the molecule is CCOC(OCC)[C@H](C)N(Cc1cccc2ccccc12)C(=O)[C@H](CCCCN(C(=O)O)C(C)(C)C)NC(=O)CONC(=O)NCc1ccc(Cl)cc1. The topological polar surface area (TPSA) is 159 Å². The van der Waals surface area contributed by atoms with Gasteiger partial charge in [-0.1, -0.05) is 66.2 Å². The number of amides is 5. The average molecular weight is 756 g/mol. The maximum absolute atomic E-state index is 14.7. The van der Waals surface area contributed by atoms with E-state index < -0.39 is 48.6 Å². The van der Waals surface area contributed by atoms with Gasteiger partial charge in [0.2, 0.25) is 11.8 Å². The Morgan fingerprint density at radius 2 is 1.57 bits per heavy atom. The summed E-state index contributed by atoms with van der Waals surface area (Å²) in [4.78, 5) is 60.3. The van der Waals surface area contributed by atoms with Crippen LogP contribution < -0.4 is 16.1 Å². The number of unbranched alkanes of at least 4 members (excludes halogenated alkanes) is 1. The van der Waals surface area contributed by atoms with Gasteiger partial charge in [0, 0.05) is 43.4 Å². The maximum Gasteiger partial charge on any atom is 0.407 e. The summed E-state index contributed by atoms with van der Waals surface area (Å²) in [5.74, 6) is -1.00. The third kappa shape index (κ3) is 13.8. The molecule has 0 unspecified atom stereocenters. The highest BCUT2D eigenvalue weighted by molar-refractivity contribution is 6.30. The second-order valence-corrected chi connectivity index (χ2v) is 14.0. The van der Waals surface area contributed by atoms with Crippen LogP contribution in [0.15, 0.2) is 66.7 Å². The Balaban J connectivity index is 1.81. The molecule has 4 N–H and O–H groups in total. The monoisotopic (exact) mass is 755 g/mol. The fourth-order valence-electron chi connectivity index (χ4n) is 5.86. The fraction of sp³-hybridized carbons (Fsp3) is 0.487. The molecule has 2 atom stereocenters. The van der Waals surface area contributed by atoms with Gasteiger partial charge in [-0.2, -0.15) is 0 Å². The summed E-state index contributed by atoms with van der Waals surface area (Å²) >= 11 is 5.92. The Labute approximate surface area is 317 Å². The Bertz CT molecular complexity index is 1620. The van der Waals surface area contributed by atoms with Crippen molar-refractivity contribution >= 4 is 46.3 Å². The molecule has 0 spiro atoms. The van der Waals surface area contributed by atoms with Gasteiger partial charge < -0.3 is 35.0 Å². The molecule has 3 rings (SSSR count). The van der Waals surface area contributed by atoms with Crippen LogP contribution in [0, 0.1) is 0 Å². The molecule has 0 aliphatic carbocycles. The van der Waals surface area contributed by atoms with Crippen LogP contribution in [0.4, 0.5) is 9.59 Å². The predicted molar refractivity (Wildman–Crippen MR) is 204 cm³/mol. The number of nitrogens with zero attached hydrogens (tertiary/aromatic N) is 2. The van der Waals surface area contributed by atoms with Gasteiger partial charge in [0.25, 0.3) is 0 Å². The minimum Gasteiger partial charge on any atom is -0.465 e. The number of hydroxylamine groups is 1. The van der Waals surface area contributed by atoms with E-state index in [1.54, 1.807) is 29.2 Å². The van der Waals surface area contributed by atoms with Crippen molar-refractivity contribution in [1.82, 2.24) is 25.9 Å². The van der Waals surface area contributed by atoms with Crippen molar-refractivity contribution in [2.75, 3.05) is 26.4 Å². The van der Waals surface area contributed by atoms with Crippen LogP contribution in [0.3, 0.4) is 0 Å². The summed E-state index contributed by atoms with van der Waals surface area (Å²) in [7, 11) is 0. The van der Waals surface area contributed by atoms with E-state index in [1.165, 1.54) is 4.90 Å². The van der Waals surface area contributed by atoms with Crippen LogP contribution in [0.1, 0.15) is 71.9 Å². The number of benzene rings is 3. The molecule has 53 heavy (non-hydrogen) atoms. The molecule has 0 saturated carbocycles. The summed E-state index contributed by atoms with van der Waals surface area (Å²) in [6.07, 6.45) is -0.679. The second kappa shape index (κ2) is 21.3. The van der Waals surface area contributed by atoms with Crippen molar-refractivity contribution in [3.63, 3.8) is 0 Å². The smallest absolute Gasteiger partial charge is 0.407 e. The molecule has 0 saturated heterocycles. The van der Waals surface area contributed by atoms with Gasteiger partial charge in [-0.25, -0.2) is 15.1 Å². The van der Waals surface area contributed by atoms with Crippen LogP contribution in [-0.4, -0.2) is 89.1 Å². The second-order valence-electron chi connectivity index (χ2n) is 13.5. The number of nitrogens with one attached hydrogen (secondary N) is 3. The molecule has 0 fully saturated rings. The molecule has 0 bridgehead atoms. The Hall–Kier alpha value is -4.43. The zero-order valence-corrected chi connectivity index (χ0v) is 32.3. The van der Waals surface area contributed by atoms with Gasteiger partial charge in [-0.05, 0) is 94.8 Å². The first-order chi connectivity index (χ1) is 25.2. The van der Waals surface area contributed by atoms with Crippen molar-refractivity contribution < 1.29 is 38.6 Å². The number of carbonyl (C=O) groups is 4. The minimum absolute atomic E-state index is 0.201. The molecule has 0 radical (unpaired) electrons. The maximum atomic E-state index is 14.7. The molecule has 3 aromatic carbocycles. The highest BCUT2D eigenvalue weighted by Gasteiger charge is 2.34. The van der Waals surface area contributed by atoms with Crippen molar-refractivity contribution in [2.45, 2.75) is 97.8 Å². The molecule has 3 aromatic rings. The number of hydrogen-bond donors (Lipinski definition) is 4. The van der Waals surface area contributed by atoms with E-state index in [9.17, 15) is 24.3 Å². The molecule has 290 valence electrons. The average Bonchev–Trinajstić information content (AvgIpc) is 3.11. The number of urea groups is 1. The number of rotatable bonds is 20. The summed E-state index contributed by atoms with van der Waals surface area (Å²) in [6.45, 7) is 11.8. The zero-order valence-electron chi connectivity index (χ0n) is 31.5. The highest BCUT2D eigenvalue weighted by atomic mass is 35.5. The first-order valence-electron chi connectivity index (χ1n) is 17.9. The van der Waals surface area contributed by atoms with Crippen molar-refractivity contribution in [2.24, 2.45) is 0 Å². The number of carbonyl (C=O) groups excluding carboxylic acids is 3. The van der Waals surface area contributed by atoms with Crippen LogP contribution in [0.5, 0.6) is 0 Å². The quantitative estimate of drug-likeness (QED) is 0.0580. The number of halogens is 1. The third-order valence-corrected chi connectivity index (χ3v) is 8.84. The molecular weight excluding hydrogens is 702 g/mol. The molecule has 0 aromatic heterocycles. The largest absolute Gasteiger partial charge is 0.465 e. The molecule has 13 nitrogen and oxygen atoms in total. The zero-order chi connectivity index (χ0) is 39.0. The van der Waals surface area contributed by atoms with E-state index in [2.05, 4.69) is 16.1 Å². The number of carboxylic acid groups (broad SMARTS) is 1. The van der Waals surface area contributed by atoms with E-state index in [4.69, 9.17) is 25.9 Å². The normalized spacial score (nSPS) is 12.6. The van der Waals surface area contributed by atoms with Crippen LogP contribution in [-0.2, 0) is 37.0 Å². The number of fused-ring (bicyclic) bond motifs is 1. The van der Waals surface area contributed by atoms with Crippen molar-refractivity contribution in [3.05, 3.63) is 82.9 Å². The fourth-order valence-corrected chi connectivity index (χ4v) is 5.98. The molecule has 0 aliphatic heterocycles. The Kier molecular flexibility index (Phi) is 17.3. The summed E-state index contributed by atoms with van der Waals surface area (Å²) in [6, 6.07) is 18.5. The lowest BCUT2D eigenvalue weighted by molar-refractivity contribution is -0.180. The first kappa shape index (κ1) is 43.0. The van der Waals surface area contributed by atoms with Crippen molar-refractivity contribution in [1.29, 1.82) is 0 Å². The minimum atomic E-state index is -1.03. The van der Waals surface area contributed by atoms with Gasteiger partial charge >= 0.3 is 12.1 Å². The highest BCUT2D eigenvalue weighted by Crippen LogP contribution is 2.24. The Morgan fingerprint density at radius 3 is 2.21 bits per heavy atom. The Morgan fingerprint density at radius 1 is 0.906 bits per heavy atom. The summed E-state index contributed by atoms with van der Waals surface area (Å²) in [5.41, 5.74) is 3.30. The lowest BCUT2D eigenvalue weighted by Crippen LogP contribution is -2.55. The number of ether oxygens (including phenoxy) is 2. The van der Waals surface area contributed by atoms with E-state index in [1.807, 2.05) is 84.0 Å². The third-order valence-electron chi connectivity index (χ3n) is 8.58. The molecule has 5 amide bonds. The van der Waals surface area contributed by atoms with Crippen LogP contribution >= 0.6 is 11.6 Å². The molecule has 0 heterocycles. The van der Waals surface area contributed by atoms with Crippen molar-refractivity contribution in [3.8, 4) is 0 Å². The predicted octanol–water partition coefficient (Wildman–Crippen LogP) is 6.47. The van der Waals surface area contributed by atoms with Crippen LogP contribution in [0.25, 0.3) is 10.8 Å². The van der Waals surface area contributed by atoms with E-state index in [-0.39, 0.29) is 32.0 Å². The standard InChI is InChI=1S/C39H54ClN5O8/c1-7-51-36(52-8-2)27(3)44(25-30-16-13-15-29-14-9-10-17-32(29)30)35(47)33(18-11-12-23-45(38(49)50)39(4,5)6)42-34(46)26-53-43-37(48)41-24-28-19-21-31(40)22-20-28/h9-10,13-17,19-22,27,33,36H,7-8,11-12,18,23-26H2,1-6H3,(H,42,46)(H,49,50)(H2,41,43,48)/t27-,33-/m0/s1. The lowest BCUT2D eigenvalue weighted by atomic mass is 10.0. The van der Waals surface area contributed by atoms with E-state index in [0.29, 0.717) is 31.1 Å². The van der Waals surface area contributed by atoms with E-state index in [0.717, 1.165) is 21.9 Å². The first-order valence-corrected chi connectivity index (χ1v) is 18.3. The van der Waals surface area contributed by atoms with E-state index >= 15 is 0 Å². The number of hydrogen-bond acceptors (Lipinski definition) is 7.